The number of likely N-dealkylation sites (N-methyl/N-ethyl adjacent to an activating group) is 1. The minimum atomic E-state index is -2.65. The second-order valence-corrected chi connectivity index (χ2v) is 12.3. The van der Waals surface area contributed by atoms with Crippen LogP contribution in [0.5, 0.6) is 5.75 Å². The molecule has 1 aromatic rings. The fourth-order valence-electron chi connectivity index (χ4n) is 7.53. The van der Waals surface area contributed by atoms with E-state index in [9.17, 15) is 34.8 Å². The molecule has 0 aromatic heterocycles. The van der Waals surface area contributed by atoms with Crippen molar-refractivity contribution in [2.24, 2.45) is 17.6 Å². The molecule has 4 atom stereocenters. The number of likely N-dealkylation sites (tertiary alicyclic amines) is 1. The Bertz CT molecular complexity index is 1390. The summed E-state index contributed by atoms with van der Waals surface area (Å²) >= 11 is 0. The number of phenols is 1. The SMILES string of the molecule is CN(C)c1c(CNCCN2CCCC2)cc(O)c2c1C[C@H]1C[C@H]3[C@H](N(C)C)C(O)=C(C(N)=O)C(=O)[C@@]3(O)C(O)=C1C2=O. The maximum atomic E-state index is 14.0. The van der Waals surface area contributed by atoms with Gasteiger partial charge in [-0.1, -0.05) is 0 Å². The molecular formula is C30H41N5O7. The van der Waals surface area contributed by atoms with Crippen molar-refractivity contribution in [3.8, 4) is 5.75 Å². The quantitative estimate of drug-likeness (QED) is 0.184. The summed E-state index contributed by atoms with van der Waals surface area (Å²) in [5, 5.41) is 48.8. The number of nitrogens with zero attached hydrogens (tertiary/aromatic N) is 3. The number of hydrogen-bond donors (Lipinski definition) is 6. The number of carbonyl (C=O) groups excluding carboxylic acids is 3. The number of carbonyl (C=O) groups is 3. The van der Waals surface area contributed by atoms with Crippen LogP contribution in [-0.2, 0) is 22.6 Å². The maximum absolute atomic E-state index is 14.0. The van der Waals surface area contributed by atoms with Crippen LogP contribution in [0.4, 0.5) is 5.69 Å². The smallest absolute Gasteiger partial charge is 0.255 e. The van der Waals surface area contributed by atoms with Gasteiger partial charge in [0.2, 0.25) is 5.78 Å². The summed E-state index contributed by atoms with van der Waals surface area (Å²) in [6, 6.07) is 0.524. The number of primary amides is 1. The molecule has 1 fully saturated rings. The molecule has 0 saturated carbocycles. The van der Waals surface area contributed by atoms with Crippen LogP contribution < -0.4 is 16.0 Å². The summed E-state index contributed by atoms with van der Waals surface area (Å²) in [6.07, 6.45) is 2.73. The Morgan fingerprint density at radius 2 is 1.81 bits per heavy atom. The number of allylic oxidation sites excluding steroid dienone is 1. The van der Waals surface area contributed by atoms with Crippen molar-refractivity contribution in [2.75, 3.05) is 59.3 Å². The van der Waals surface area contributed by atoms with Crippen molar-refractivity contribution in [2.45, 2.75) is 43.9 Å². The molecule has 228 valence electrons. The Kier molecular flexibility index (Phi) is 7.86. The number of rotatable bonds is 8. The van der Waals surface area contributed by atoms with Crippen molar-refractivity contribution in [3.05, 3.63) is 45.4 Å². The zero-order valence-corrected chi connectivity index (χ0v) is 24.6. The van der Waals surface area contributed by atoms with Crippen molar-refractivity contribution >= 4 is 23.2 Å². The molecule has 12 nitrogen and oxygen atoms in total. The number of amides is 1. The number of ketones is 2. The molecule has 1 aromatic carbocycles. The number of Topliss-reactive ketones (excluding diaryl/α,β-unsaturated/α-hetero) is 2. The zero-order valence-electron chi connectivity index (χ0n) is 24.6. The first kappa shape index (κ1) is 30.0. The summed E-state index contributed by atoms with van der Waals surface area (Å²) in [7, 11) is 6.95. The minimum Gasteiger partial charge on any atom is -0.510 e. The van der Waals surface area contributed by atoms with Gasteiger partial charge in [-0.3, -0.25) is 19.3 Å². The summed E-state index contributed by atoms with van der Waals surface area (Å²) in [5.74, 6) is -6.55. The molecule has 0 radical (unpaired) electrons. The average molecular weight is 584 g/mol. The van der Waals surface area contributed by atoms with Crippen LogP contribution in [0, 0.1) is 11.8 Å². The molecule has 42 heavy (non-hydrogen) atoms. The molecule has 7 N–H and O–H groups in total. The molecule has 0 unspecified atom stereocenters. The Morgan fingerprint density at radius 3 is 2.40 bits per heavy atom. The van der Waals surface area contributed by atoms with Gasteiger partial charge in [0.15, 0.2) is 11.4 Å². The molecule has 1 heterocycles. The Labute approximate surface area is 245 Å². The van der Waals surface area contributed by atoms with Gasteiger partial charge in [0.25, 0.3) is 5.91 Å². The van der Waals surface area contributed by atoms with Crippen LogP contribution in [0.3, 0.4) is 0 Å². The Balaban J connectivity index is 1.56. The number of aliphatic hydroxyl groups excluding tert-OH is 2. The minimum absolute atomic E-state index is 0.0142. The molecular weight excluding hydrogens is 542 g/mol. The topological polar surface area (TPSA) is 180 Å². The highest BCUT2D eigenvalue weighted by Gasteiger charge is 2.63. The molecule has 1 amide bonds. The number of hydrogen-bond acceptors (Lipinski definition) is 11. The Hall–Kier alpha value is -3.45. The molecule has 3 aliphatic carbocycles. The van der Waals surface area contributed by atoms with Gasteiger partial charge < -0.3 is 41.3 Å². The van der Waals surface area contributed by atoms with E-state index in [4.69, 9.17) is 5.73 Å². The van der Waals surface area contributed by atoms with Gasteiger partial charge in [-0.15, -0.1) is 0 Å². The number of aliphatic hydroxyl groups is 3. The number of phenolic OH excluding ortho intramolecular Hbond substituents is 1. The summed E-state index contributed by atoms with van der Waals surface area (Å²) < 4.78 is 0. The normalized spacial score (nSPS) is 27.8. The van der Waals surface area contributed by atoms with Gasteiger partial charge in [-0.2, -0.15) is 0 Å². The zero-order chi connectivity index (χ0) is 30.7. The summed E-state index contributed by atoms with van der Waals surface area (Å²) in [4.78, 5) is 45.4. The van der Waals surface area contributed by atoms with E-state index in [2.05, 4.69) is 10.2 Å². The highest BCUT2D eigenvalue weighted by Crippen LogP contribution is 2.53. The van der Waals surface area contributed by atoms with Crippen LogP contribution >= 0.6 is 0 Å². The van der Waals surface area contributed by atoms with E-state index in [1.54, 1.807) is 25.1 Å². The van der Waals surface area contributed by atoms with Crippen molar-refractivity contribution in [1.82, 2.24) is 15.1 Å². The molecule has 0 spiro atoms. The number of anilines is 1. The molecule has 12 heteroatoms. The number of fused-ring (bicyclic) bond motifs is 3. The van der Waals surface area contributed by atoms with Gasteiger partial charge in [-0.05, 0) is 76.0 Å². The van der Waals surface area contributed by atoms with Crippen molar-refractivity contribution in [1.29, 1.82) is 0 Å². The van der Waals surface area contributed by atoms with E-state index in [0.29, 0.717) is 12.1 Å². The van der Waals surface area contributed by atoms with Gasteiger partial charge in [0.1, 0.15) is 22.8 Å². The highest BCUT2D eigenvalue weighted by atomic mass is 16.3. The lowest BCUT2D eigenvalue weighted by Gasteiger charge is -2.50. The van der Waals surface area contributed by atoms with E-state index in [1.165, 1.54) is 12.8 Å². The number of benzene rings is 1. The monoisotopic (exact) mass is 583 g/mol. The van der Waals surface area contributed by atoms with E-state index in [1.807, 2.05) is 19.0 Å². The fourth-order valence-corrected chi connectivity index (χ4v) is 7.53. The first-order valence-electron chi connectivity index (χ1n) is 14.4. The number of nitrogens with two attached hydrogens (primary N) is 1. The molecule has 0 bridgehead atoms. The first-order valence-corrected chi connectivity index (χ1v) is 14.4. The van der Waals surface area contributed by atoms with Gasteiger partial charge in [0.05, 0.1) is 11.6 Å². The predicted molar refractivity (Wildman–Crippen MR) is 155 cm³/mol. The van der Waals surface area contributed by atoms with E-state index in [-0.39, 0.29) is 29.7 Å². The van der Waals surface area contributed by atoms with E-state index < -0.39 is 58.0 Å². The third-order valence-corrected chi connectivity index (χ3v) is 9.34. The molecule has 5 rings (SSSR count). The Morgan fingerprint density at radius 1 is 1.14 bits per heavy atom. The lowest BCUT2D eigenvalue weighted by atomic mass is 9.58. The molecule has 1 saturated heterocycles. The third kappa shape index (κ3) is 4.57. The fraction of sp³-hybridized carbons (Fsp3) is 0.567. The van der Waals surface area contributed by atoms with E-state index >= 15 is 0 Å². The van der Waals surface area contributed by atoms with Crippen LogP contribution in [0.25, 0.3) is 0 Å². The summed E-state index contributed by atoms with van der Waals surface area (Å²) in [6.45, 7) is 4.38. The predicted octanol–water partition coefficient (Wildman–Crippen LogP) is 0.372. The van der Waals surface area contributed by atoms with Gasteiger partial charge in [0, 0.05) is 50.9 Å². The molecule has 1 aliphatic heterocycles. The van der Waals surface area contributed by atoms with Crippen molar-refractivity contribution in [3.63, 3.8) is 0 Å². The summed E-state index contributed by atoms with van der Waals surface area (Å²) in [5.41, 5.74) is 4.01. The van der Waals surface area contributed by atoms with Crippen molar-refractivity contribution < 1.29 is 34.8 Å². The van der Waals surface area contributed by atoms with Gasteiger partial charge >= 0.3 is 0 Å². The van der Waals surface area contributed by atoms with Crippen LogP contribution in [0.15, 0.2) is 28.7 Å². The standard InChI is InChI=1S/C30H41N5O7/c1-33(2)23-16(14-32-7-10-35-8-5-6-9-35)13-19(36)21-17(23)11-15-12-18-24(34(3)4)26(38)22(29(31)41)28(40)30(18,42)27(39)20(15)25(21)37/h13,15,18,24,32,36,38-39,42H,5-12,14H2,1-4H3,(H2,31,41)/t15-,18-,24-,30-/m0/s1. The third-order valence-electron chi connectivity index (χ3n) is 9.34. The van der Waals surface area contributed by atoms with E-state index in [0.717, 1.165) is 37.4 Å². The maximum Gasteiger partial charge on any atom is 0.255 e. The van der Waals surface area contributed by atoms with Crippen LogP contribution in [0.2, 0.25) is 0 Å². The second-order valence-electron chi connectivity index (χ2n) is 12.3. The van der Waals surface area contributed by atoms with Gasteiger partial charge in [-0.25, -0.2) is 0 Å². The lowest BCUT2D eigenvalue weighted by Crippen LogP contribution is -2.63. The number of nitrogens with one attached hydrogen (secondary N) is 1. The largest absolute Gasteiger partial charge is 0.510 e. The second kappa shape index (κ2) is 11.0. The first-order chi connectivity index (χ1) is 19.8. The lowest BCUT2D eigenvalue weighted by molar-refractivity contribution is -0.148. The van der Waals surface area contributed by atoms with Crippen LogP contribution in [0.1, 0.15) is 40.7 Å². The number of aromatic hydroxyl groups is 1. The molecule has 4 aliphatic rings. The highest BCUT2D eigenvalue weighted by molar-refractivity contribution is 6.24. The average Bonchev–Trinajstić information content (AvgIpc) is 3.41. The van der Waals surface area contributed by atoms with Crippen LogP contribution in [-0.4, -0.2) is 114 Å².